The zero-order valence-corrected chi connectivity index (χ0v) is 28.8. The highest BCUT2D eigenvalue weighted by atomic mass is 14.4. The van der Waals surface area contributed by atoms with E-state index in [9.17, 15) is 0 Å². The molecule has 0 heteroatoms. The third-order valence-corrected chi connectivity index (χ3v) is 11.3. The van der Waals surface area contributed by atoms with Crippen LogP contribution in [0.15, 0.2) is 182 Å². The Morgan fingerprint density at radius 1 is 0.294 bits per heavy atom. The van der Waals surface area contributed by atoms with Gasteiger partial charge in [-0.1, -0.05) is 178 Å². The van der Waals surface area contributed by atoms with Crippen molar-refractivity contribution in [2.75, 3.05) is 0 Å². The molecule has 0 heterocycles. The summed E-state index contributed by atoms with van der Waals surface area (Å²) in [4.78, 5) is 0. The number of hydrogen-bond donors (Lipinski definition) is 0. The van der Waals surface area contributed by atoms with Crippen LogP contribution in [-0.4, -0.2) is 0 Å². The Labute approximate surface area is 299 Å². The van der Waals surface area contributed by atoms with Gasteiger partial charge in [-0.15, -0.1) is 0 Å². The fraction of sp³-hybridized carbons (Fsp3) is 0.0588. The molecule has 0 fully saturated rings. The Morgan fingerprint density at radius 3 is 1.49 bits per heavy atom. The molecule has 51 heavy (non-hydrogen) atoms. The average molecular weight is 649 g/mol. The molecule has 9 aromatic carbocycles. The van der Waals surface area contributed by atoms with Crippen LogP contribution in [0.5, 0.6) is 0 Å². The van der Waals surface area contributed by atoms with Crippen LogP contribution in [0.4, 0.5) is 0 Å². The molecule has 0 saturated heterocycles. The van der Waals surface area contributed by atoms with Crippen LogP contribution >= 0.6 is 0 Å². The van der Waals surface area contributed by atoms with E-state index in [2.05, 4.69) is 196 Å². The standard InChI is InChI=1S/C51H36/c1-51(2)47-23-13-12-18-40(47)45-31-36(28-29-48(45)51)34-24-26-35(27-25-34)49-41-19-8-10-21-43(41)50(44-22-11-9-20-42(44)49)46-32-38(33-14-4-3-5-15-33)30-37-16-6-7-17-39(37)46/h3-32H,1-2H3. The first-order valence-electron chi connectivity index (χ1n) is 17.9. The number of hydrogen-bond acceptors (Lipinski definition) is 0. The van der Waals surface area contributed by atoms with Gasteiger partial charge in [0.2, 0.25) is 0 Å². The number of benzene rings is 9. The summed E-state index contributed by atoms with van der Waals surface area (Å²) in [6, 6.07) is 67.4. The fourth-order valence-electron chi connectivity index (χ4n) is 8.77. The first-order valence-corrected chi connectivity index (χ1v) is 17.9. The van der Waals surface area contributed by atoms with Crippen molar-refractivity contribution in [3.05, 3.63) is 193 Å². The summed E-state index contributed by atoms with van der Waals surface area (Å²) < 4.78 is 0. The molecule has 10 rings (SSSR count). The molecule has 1 aliphatic rings. The predicted molar refractivity (Wildman–Crippen MR) is 218 cm³/mol. The van der Waals surface area contributed by atoms with Crippen molar-refractivity contribution < 1.29 is 0 Å². The normalized spacial score (nSPS) is 13.1. The molecule has 0 radical (unpaired) electrons. The van der Waals surface area contributed by atoms with Crippen molar-refractivity contribution in [1.82, 2.24) is 0 Å². The van der Waals surface area contributed by atoms with E-state index in [-0.39, 0.29) is 5.41 Å². The second kappa shape index (κ2) is 11.4. The molecule has 0 nitrogen and oxygen atoms in total. The van der Waals surface area contributed by atoms with Crippen LogP contribution in [0.25, 0.3) is 88.0 Å². The Morgan fingerprint density at radius 2 is 0.784 bits per heavy atom. The topological polar surface area (TPSA) is 0 Å². The van der Waals surface area contributed by atoms with Crippen LogP contribution in [0.3, 0.4) is 0 Å². The second-order valence-corrected chi connectivity index (χ2v) is 14.5. The lowest BCUT2D eigenvalue weighted by molar-refractivity contribution is 0.660. The van der Waals surface area contributed by atoms with E-state index in [1.807, 2.05) is 0 Å². The average Bonchev–Trinajstić information content (AvgIpc) is 3.42. The third kappa shape index (κ3) is 4.60. The number of rotatable bonds is 4. The molecule has 240 valence electrons. The van der Waals surface area contributed by atoms with Crippen LogP contribution in [0.1, 0.15) is 25.0 Å². The van der Waals surface area contributed by atoms with Gasteiger partial charge in [0.15, 0.2) is 0 Å². The van der Waals surface area contributed by atoms with E-state index in [4.69, 9.17) is 0 Å². The molecule has 0 N–H and O–H groups in total. The minimum atomic E-state index is 0.0116. The van der Waals surface area contributed by atoms with Crippen LogP contribution in [-0.2, 0) is 5.41 Å². The van der Waals surface area contributed by atoms with Gasteiger partial charge < -0.3 is 0 Å². The minimum Gasteiger partial charge on any atom is -0.0622 e. The summed E-state index contributed by atoms with van der Waals surface area (Å²) in [6.45, 7) is 4.68. The van der Waals surface area contributed by atoms with Crippen LogP contribution in [0.2, 0.25) is 0 Å². The van der Waals surface area contributed by atoms with Gasteiger partial charge in [0.1, 0.15) is 0 Å². The molecule has 9 aromatic rings. The molecule has 0 aromatic heterocycles. The first-order chi connectivity index (χ1) is 25.1. The molecular weight excluding hydrogens is 613 g/mol. The Hall–Kier alpha value is -6.24. The summed E-state index contributed by atoms with van der Waals surface area (Å²) in [6.07, 6.45) is 0. The van der Waals surface area contributed by atoms with Crippen molar-refractivity contribution in [2.24, 2.45) is 0 Å². The zero-order chi connectivity index (χ0) is 34.1. The first kappa shape index (κ1) is 29.7. The van der Waals surface area contributed by atoms with E-state index >= 15 is 0 Å². The molecule has 0 spiro atoms. The molecule has 0 bridgehead atoms. The predicted octanol–water partition coefficient (Wildman–Crippen LogP) is 14.1. The summed E-state index contributed by atoms with van der Waals surface area (Å²) in [5, 5.41) is 7.59. The van der Waals surface area contributed by atoms with Gasteiger partial charge >= 0.3 is 0 Å². The van der Waals surface area contributed by atoms with Gasteiger partial charge in [-0.2, -0.15) is 0 Å². The maximum atomic E-state index is 2.40. The van der Waals surface area contributed by atoms with E-state index < -0.39 is 0 Å². The molecule has 0 aliphatic heterocycles. The minimum absolute atomic E-state index is 0.0116. The Balaban J connectivity index is 1.16. The van der Waals surface area contributed by atoms with Crippen molar-refractivity contribution in [2.45, 2.75) is 19.3 Å². The second-order valence-electron chi connectivity index (χ2n) is 14.5. The van der Waals surface area contributed by atoms with E-state index in [1.54, 1.807) is 0 Å². The largest absolute Gasteiger partial charge is 0.0622 e. The molecular formula is C51H36. The fourth-order valence-corrected chi connectivity index (χ4v) is 8.77. The highest BCUT2D eigenvalue weighted by molar-refractivity contribution is 6.23. The highest BCUT2D eigenvalue weighted by Gasteiger charge is 2.35. The van der Waals surface area contributed by atoms with Gasteiger partial charge in [-0.3, -0.25) is 0 Å². The van der Waals surface area contributed by atoms with Gasteiger partial charge in [0.25, 0.3) is 0 Å². The lowest BCUT2D eigenvalue weighted by Crippen LogP contribution is -2.14. The van der Waals surface area contributed by atoms with E-state index in [0.29, 0.717) is 0 Å². The van der Waals surface area contributed by atoms with Crippen molar-refractivity contribution in [1.29, 1.82) is 0 Å². The zero-order valence-electron chi connectivity index (χ0n) is 28.8. The smallest absolute Gasteiger partial charge is 0.0158 e. The molecule has 0 unspecified atom stereocenters. The lowest BCUT2D eigenvalue weighted by Gasteiger charge is -2.21. The third-order valence-electron chi connectivity index (χ3n) is 11.3. The van der Waals surface area contributed by atoms with E-state index in [1.165, 1.54) is 99.1 Å². The maximum absolute atomic E-state index is 2.40. The summed E-state index contributed by atoms with van der Waals surface area (Å²) in [5.74, 6) is 0. The monoisotopic (exact) mass is 648 g/mol. The van der Waals surface area contributed by atoms with Gasteiger partial charge in [0, 0.05) is 5.41 Å². The van der Waals surface area contributed by atoms with Gasteiger partial charge in [-0.05, 0) is 117 Å². The Bertz CT molecular complexity index is 2740. The highest BCUT2D eigenvalue weighted by Crippen LogP contribution is 2.50. The lowest BCUT2D eigenvalue weighted by atomic mass is 9.82. The SMILES string of the molecule is CC1(C)c2ccccc2-c2cc(-c3ccc(-c4c5ccccc5c(-c5cc(-c6ccccc6)cc6ccccc56)c5ccccc45)cc3)ccc21. The molecule has 1 aliphatic carbocycles. The van der Waals surface area contributed by atoms with Crippen LogP contribution in [0, 0.1) is 0 Å². The van der Waals surface area contributed by atoms with Gasteiger partial charge in [-0.25, -0.2) is 0 Å². The van der Waals surface area contributed by atoms with E-state index in [0.717, 1.165) is 0 Å². The van der Waals surface area contributed by atoms with Crippen LogP contribution < -0.4 is 0 Å². The molecule has 0 amide bonds. The maximum Gasteiger partial charge on any atom is 0.0158 e. The Kier molecular flexibility index (Phi) is 6.63. The summed E-state index contributed by atoms with van der Waals surface area (Å²) >= 11 is 0. The molecule has 0 saturated carbocycles. The quantitative estimate of drug-likeness (QED) is 0.167. The molecule has 0 atom stereocenters. The van der Waals surface area contributed by atoms with Crippen molar-refractivity contribution >= 4 is 32.3 Å². The van der Waals surface area contributed by atoms with Gasteiger partial charge in [0.05, 0.1) is 0 Å². The summed E-state index contributed by atoms with van der Waals surface area (Å²) in [7, 11) is 0. The van der Waals surface area contributed by atoms with Crippen molar-refractivity contribution in [3.63, 3.8) is 0 Å². The van der Waals surface area contributed by atoms with Crippen molar-refractivity contribution in [3.8, 4) is 55.6 Å². The number of fused-ring (bicyclic) bond motifs is 6. The summed E-state index contributed by atoms with van der Waals surface area (Å²) in [5.41, 5.74) is 15.6.